The SMILES string of the molecule is O=C(CC1(S(=O)(=O)c2ccc(Oc3ccccc3)cc2)CCOCC1)NO. The topological polar surface area (TPSA) is 102 Å². The van der Waals surface area contributed by atoms with Gasteiger partial charge in [-0.15, -0.1) is 0 Å². The van der Waals surface area contributed by atoms with Crippen molar-refractivity contribution in [3.05, 3.63) is 54.6 Å². The zero-order chi connectivity index (χ0) is 19.3. The minimum absolute atomic E-state index is 0.107. The summed E-state index contributed by atoms with van der Waals surface area (Å²) in [5.41, 5.74) is 1.53. The van der Waals surface area contributed by atoms with Gasteiger partial charge in [0.25, 0.3) is 0 Å². The number of hydrogen-bond donors (Lipinski definition) is 2. The van der Waals surface area contributed by atoms with Crippen LogP contribution in [0.25, 0.3) is 0 Å². The number of carbonyl (C=O) groups is 1. The molecule has 0 unspecified atom stereocenters. The van der Waals surface area contributed by atoms with Crippen molar-refractivity contribution in [2.24, 2.45) is 0 Å². The lowest BCUT2D eigenvalue weighted by atomic mass is 9.95. The fourth-order valence-electron chi connectivity index (χ4n) is 3.18. The second kappa shape index (κ2) is 8.08. The molecule has 2 aromatic carbocycles. The van der Waals surface area contributed by atoms with Crippen LogP contribution in [0.15, 0.2) is 59.5 Å². The van der Waals surface area contributed by atoms with Crippen LogP contribution in [-0.4, -0.2) is 37.5 Å². The molecule has 0 radical (unpaired) electrons. The summed E-state index contributed by atoms with van der Waals surface area (Å²) in [6.45, 7) is 0.486. The van der Waals surface area contributed by atoms with E-state index in [1.807, 2.05) is 18.2 Å². The Morgan fingerprint density at radius 3 is 2.22 bits per heavy atom. The highest BCUT2D eigenvalue weighted by Crippen LogP contribution is 2.38. The first-order valence-corrected chi connectivity index (χ1v) is 10.0. The third-order valence-corrected chi connectivity index (χ3v) is 7.28. The highest BCUT2D eigenvalue weighted by molar-refractivity contribution is 7.92. The van der Waals surface area contributed by atoms with Gasteiger partial charge in [0, 0.05) is 19.6 Å². The Kier molecular flexibility index (Phi) is 5.79. The molecule has 144 valence electrons. The highest BCUT2D eigenvalue weighted by Gasteiger charge is 2.47. The van der Waals surface area contributed by atoms with Crippen LogP contribution < -0.4 is 10.2 Å². The molecule has 0 saturated carbocycles. The Morgan fingerprint density at radius 1 is 1.04 bits per heavy atom. The van der Waals surface area contributed by atoms with Crippen LogP contribution in [0.3, 0.4) is 0 Å². The molecule has 1 heterocycles. The molecule has 7 nitrogen and oxygen atoms in total. The molecule has 0 atom stereocenters. The van der Waals surface area contributed by atoms with Crippen molar-refractivity contribution in [1.82, 2.24) is 5.48 Å². The average molecular weight is 391 g/mol. The molecule has 27 heavy (non-hydrogen) atoms. The Hall–Kier alpha value is -2.42. The summed E-state index contributed by atoms with van der Waals surface area (Å²) in [7, 11) is -3.83. The normalized spacial score (nSPS) is 16.5. The van der Waals surface area contributed by atoms with E-state index in [2.05, 4.69) is 0 Å². The van der Waals surface area contributed by atoms with Crippen molar-refractivity contribution >= 4 is 15.7 Å². The summed E-state index contributed by atoms with van der Waals surface area (Å²) in [5.74, 6) is 0.424. The first kappa shape index (κ1) is 19.3. The Morgan fingerprint density at radius 2 is 1.63 bits per heavy atom. The number of nitrogens with one attached hydrogen (secondary N) is 1. The molecule has 1 aliphatic heterocycles. The molecular weight excluding hydrogens is 370 g/mol. The standard InChI is InChI=1S/C19H21NO6S/c21-18(20-22)14-19(10-12-25-13-11-19)27(23,24)17-8-6-16(7-9-17)26-15-4-2-1-3-5-15/h1-9,22H,10-14H2,(H,20,21). The number of benzene rings is 2. The number of sulfone groups is 1. The number of rotatable bonds is 6. The minimum atomic E-state index is -3.83. The molecule has 2 N–H and O–H groups in total. The van der Waals surface area contributed by atoms with Gasteiger partial charge in [-0.25, -0.2) is 13.9 Å². The maximum atomic E-state index is 13.3. The molecule has 1 aliphatic rings. The van der Waals surface area contributed by atoms with Crippen LogP contribution in [0, 0.1) is 0 Å². The molecule has 1 fully saturated rings. The summed E-state index contributed by atoms with van der Waals surface area (Å²) in [6, 6.07) is 15.3. The molecular formula is C19H21NO6S. The summed E-state index contributed by atoms with van der Waals surface area (Å²) >= 11 is 0. The van der Waals surface area contributed by atoms with Gasteiger partial charge >= 0.3 is 0 Å². The lowest BCUT2D eigenvalue weighted by Crippen LogP contribution is -2.47. The maximum Gasteiger partial charge on any atom is 0.244 e. The second-order valence-electron chi connectivity index (χ2n) is 6.40. The summed E-state index contributed by atoms with van der Waals surface area (Å²) in [4.78, 5) is 11.8. The first-order chi connectivity index (χ1) is 13.0. The number of hydrogen-bond acceptors (Lipinski definition) is 6. The maximum absolute atomic E-state index is 13.3. The lowest BCUT2D eigenvalue weighted by Gasteiger charge is -2.35. The van der Waals surface area contributed by atoms with Gasteiger partial charge in [-0.05, 0) is 49.2 Å². The second-order valence-corrected chi connectivity index (χ2v) is 8.74. The fourth-order valence-corrected chi connectivity index (χ4v) is 5.20. The lowest BCUT2D eigenvalue weighted by molar-refractivity contribution is -0.130. The quantitative estimate of drug-likeness (QED) is 0.580. The van der Waals surface area contributed by atoms with Crippen molar-refractivity contribution in [2.45, 2.75) is 28.9 Å². The van der Waals surface area contributed by atoms with E-state index >= 15 is 0 Å². The molecule has 1 saturated heterocycles. The van der Waals surface area contributed by atoms with Crippen molar-refractivity contribution in [3.8, 4) is 11.5 Å². The Balaban J connectivity index is 1.87. The number of ether oxygens (including phenoxy) is 2. The van der Waals surface area contributed by atoms with Crippen LogP contribution in [0.1, 0.15) is 19.3 Å². The largest absolute Gasteiger partial charge is 0.457 e. The van der Waals surface area contributed by atoms with Crippen molar-refractivity contribution in [1.29, 1.82) is 0 Å². The average Bonchev–Trinajstić information content (AvgIpc) is 2.69. The number of carbonyl (C=O) groups excluding carboxylic acids is 1. The van der Waals surface area contributed by atoms with Crippen LogP contribution >= 0.6 is 0 Å². The minimum Gasteiger partial charge on any atom is -0.457 e. The van der Waals surface area contributed by atoms with E-state index in [-0.39, 0.29) is 37.4 Å². The summed E-state index contributed by atoms with van der Waals surface area (Å²) in [6.07, 6.45) is 0.0491. The summed E-state index contributed by atoms with van der Waals surface area (Å²) < 4.78 is 36.2. The zero-order valence-corrected chi connectivity index (χ0v) is 15.4. The van der Waals surface area contributed by atoms with E-state index < -0.39 is 20.5 Å². The highest BCUT2D eigenvalue weighted by atomic mass is 32.2. The van der Waals surface area contributed by atoms with E-state index in [1.54, 1.807) is 24.3 Å². The predicted molar refractivity (Wildman–Crippen MR) is 97.5 cm³/mol. The van der Waals surface area contributed by atoms with E-state index in [0.717, 1.165) is 0 Å². The molecule has 0 bridgehead atoms. The molecule has 0 spiro atoms. The first-order valence-electron chi connectivity index (χ1n) is 8.55. The van der Waals surface area contributed by atoms with Crippen molar-refractivity contribution in [3.63, 3.8) is 0 Å². The van der Waals surface area contributed by atoms with E-state index in [0.29, 0.717) is 11.5 Å². The van der Waals surface area contributed by atoms with Gasteiger partial charge in [0.15, 0.2) is 9.84 Å². The number of amides is 1. The Labute approximate surface area is 157 Å². The van der Waals surface area contributed by atoms with Crippen LogP contribution in [0.5, 0.6) is 11.5 Å². The molecule has 2 aromatic rings. The third-order valence-electron chi connectivity index (χ3n) is 4.69. The van der Waals surface area contributed by atoms with Crippen LogP contribution in [0.4, 0.5) is 0 Å². The molecule has 3 rings (SSSR count). The van der Waals surface area contributed by atoms with Gasteiger partial charge in [0.1, 0.15) is 11.5 Å². The van der Waals surface area contributed by atoms with Crippen LogP contribution in [0.2, 0.25) is 0 Å². The predicted octanol–water partition coefficient (Wildman–Crippen LogP) is 2.70. The third kappa shape index (κ3) is 4.13. The van der Waals surface area contributed by atoms with Gasteiger partial charge < -0.3 is 9.47 Å². The zero-order valence-electron chi connectivity index (χ0n) is 14.6. The van der Waals surface area contributed by atoms with E-state index in [4.69, 9.17) is 14.7 Å². The van der Waals surface area contributed by atoms with Crippen molar-refractivity contribution in [2.75, 3.05) is 13.2 Å². The van der Waals surface area contributed by atoms with E-state index in [9.17, 15) is 13.2 Å². The molecule has 0 aromatic heterocycles. The molecule has 1 amide bonds. The molecule has 0 aliphatic carbocycles. The van der Waals surface area contributed by atoms with Gasteiger partial charge in [-0.2, -0.15) is 0 Å². The van der Waals surface area contributed by atoms with Gasteiger partial charge in [-0.1, -0.05) is 18.2 Å². The van der Waals surface area contributed by atoms with Gasteiger partial charge in [-0.3, -0.25) is 10.0 Å². The van der Waals surface area contributed by atoms with Crippen LogP contribution in [-0.2, 0) is 19.4 Å². The Bertz CT molecular complexity index is 874. The number of hydroxylamine groups is 1. The monoisotopic (exact) mass is 391 g/mol. The van der Waals surface area contributed by atoms with Crippen molar-refractivity contribution < 1.29 is 27.9 Å². The van der Waals surface area contributed by atoms with Gasteiger partial charge in [0.05, 0.1) is 9.64 Å². The molecule has 8 heteroatoms. The fraction of sp³-hybridized carbons (Fsp3) is 0.316. The van der Waals surface area contributed by atoms with E-state index in [1.165, 1.54) is 17.6 Å². The van der Waals surface area contributed by atoms with Gasteiger partial charge in [0.2, 0.25) is 5.91 Å². The summed E-state index contributed by atoms with van der Waals surface area (Å²) in [5, 5.41) is 8.85. The number of para-hydroxylation sites is 1. The smallest absolute Gasteiger partial charge is 0.244 e.